The molecule has 1 saturated carbocycles. The number of hydrogen-bond donors (Lipinski definition) is 0. The van der Waals surface area contributed by atoms with Crippen LogP contribution in [0, 0.1) is 5.92 Å². The molecule has 22 heavy (non-hydrogen) atoms. The van der Waals surface area contributed by atoms with Crippen LogP contribution < -0.4 is 0 Å². The van der Waals surface area contributed by atoms with Gasteiger partial charge in [-0.1, -0.05) is 42.5 Å². The molecule has 1 aliphatic carbocycles. The quantitative estimate of drug-likeness (QED) is 0.658. The summed E-state index contributed by atoms with van der Waals surface area (Å²) in [6, 6.07) is 13.9. The first kappa shape index (κ1) is 15.1. The minimum atomic E-state index is -4.41. The number of benzene rings is 2. The summed E-state index contributed by atoms with van der Waals surface area (Å²) in [5, 5.41) is 2.20. The summed E-state index contributed by atoms with van der Waals surface area (Å²) in [4.78, 5) is 11.7. The van der Waals surface area contributed by atoms with Crippen molar-refractivity contribution < 1.29 is 18.0 Å². The van der Waals surface area contributed by atoms with Gasteiger partial charge in [0.05, 0.1) is 0 Å². The van der Waals surface area contributed by atoms with Gasteiger partial charge in [-0.2, -0.15) is 13.2 Å². The third-order valence-electron chi connectivity index (χ3n) is 4.57. The van der Waals surface area contributed by atoms with Crippen LogP contribution in [0.3, 0.4) is 0 Å². The summed E-state index contributed by atoms with van der Waals surface area (Å²) < 4.78 is 38.7. The van der Waals surface area contributed by atoms with E-state index in [0.29, 0.717) is 12.8 Å². The fraction of sp³-hybridized carbons (Fsp3) is 0.389. The molecular weight excluding hydrogens is 289 g/mol. The van der Waals surface area contributed by atoms with E-state index in [4.69, 9.17) is 0 Å². The molecule has 0 aliphatic heterocycles. The van der Waals surface area contributed by atoms with Gasteiger partial charge in [-0.3, -0.25) is 4.79 Å². The number of fused-ring (bicyclic) bond motifs is 1. The van der Waals surface area contributed by atoms with E-state index in [2.05, 4.69) is 0 Å². The number of halogens is 3. The Kier molecular flexibility index (Phi) is 3.94. The molecule has 1 fully saturated rings. The number of alkyl halides is 3. The minimum Gasteiger partial charge on any atom is -0.299 e. The van der Waals surface area contributed by atoms with Gasteiger partial charge in [0.25, 0.3) is 0 Å². The maximum atomic E-state index is 12.9. The molecule has 0 unspecified atom stereocenters. The van der Waals surface area contributed by atoms with Crippen molar-refractivity contribution >= 4 is 16.6 Å². The monoisotopic (exact) mass is 306 g/mol. The average Bonchev–Trinajstić information content (AvgIpc) is 2.68. The van der Waals surface area contributed by atoms with Crippen molar-refractivity contribution in [2.24, 2.45) is 5.92 Å². The second-order valence-electron chi connectivity index (χ2n) is 5.98. The lowest BCUT2D eigenvalue weighted by Gasteiger charge is -2.17. The number of carbonyl (C=O) groups excluding carboxylic acids is 1. The van der Waals surface area contributed by atoms with Gasteiger partial charge in [0, 0.05) is 6.42 Å². The highest BCUT2D eigenvalue weighted by atomic mass is 19.4. The predicted octanol–water partition coefficient (Wildman–Crippen LogP) is 5.25. The molecule has 0 saturated heterocycles. The Balaban J connectivity index is 1.84. The number of hydrogen-bond acceptors (Lipinski definition) is 1. The van der Waals surface area contributed by atoms with Crippen LogP contribution in [0.5, 0.6) is 0 Å². The van der Waals surface area contributed by atoms with E-state index in [0.717, 1.165) is 16.3 Å². The molecule has 1 nitrogen and oxygen atoms in total. The molecule has 0 radical (unpaired) electrons. The van der Waals surface area contributed by atoms with Crippen molar-refractivity contribution in [2.75, 3.05) is 0 Å². The van der Waals surface area contributed by atoms with Gasteiger partial charge in [0.15, 0.2) is 0 Å². The zero-order valence-electron chi connectivity index (χ0n) is 12.1. The largest absolute Gasteiger partial charge is 0.398 e. The van der Waals surface area contributed by atoms with Crippen molar-refractivity contribution in [3.8, 4) is 0 Å². The van der Waals surface area contributed by atoms with Crippen LogP contribution in [-0.2, 0) is 4.79 Å². The highest BCUT2D eigenvalue weighted by molar-refractivity contribution is 5.84. The molecular formula is C18H17F3O. The molecule has 116 valence electrons. The Labute approximate surface area is 127 Å². The van der Waals surface area contributed by atoms with Gasteiger partial charge in [-0.05, 0) is 41.5 Å². The molecule has 0 amide bonds. The topological polar surface area (TPSA) is 17.1 Å². The highest BCUT2D eigenvalue weighted by Crippen LogP contribution is 2.39. The Morgan fingerprint density at radius 3 is 2.36 bits per heavy atom. The number of ketones is 1. The molecule has 2 aromatic rings. The standard InChI is InChI=1S/C18H17F3O/c19-18(20,21)16-9-7-13(8-10-17(16)22)15-6-5-12-3-1-2-4-14(12)11-15/h1-6,11,13,16H,7-10H2/t13-,16-/m0/s1. The SMILES string of the molecule is O=C1CC[C@@H](c2ccc3ccccc3c2)CC[C@@H]1C(F)(F)F. The van der Waals surface area contributed by atoms with Crippen LogP contribution in [0.1, 0.15) is 37.2 Å². The fourth-order valence-electron chi connectivity index (χ4n) is 3.31. The van der Waals surface area contributed by atoms with Crippen molar-refractivity contribution in [3.63, 3.8) is 0 Å². The van der Waals surface area contributed by atoms with Gasteiger partial charge in [-0.15, -0.1) is 0 Å². The summed E-state index contributed by atoms with van der Waals surface area (Å²) in [6.45, 7) is 0. The molecule has 0 heterocycles. The minimum absolute atomic E-state index is 0.0155. The van der Waals surface area contributed by atoms with E-state index in [1.54, 1.807) is 0 Å². The lowest BCUT2D eigenvalue weighted by Crippen LogP contribution is -2.29. The van der Waals surface area contributed by atoms with Crippen LogP contribution in [0.2, 0.25) is 0 Å². The third kappa shape index (κ3) is 3.01. The Bertz CT molecular complexity index is 690. The van der Waals surface area contributed by atoms with Crippen LogP contribution in [0.4, 0.5) is 13.2 Å². The lowest BCUT2D eigenvalue weighted by atomic mass is 9.90. The maximum absolute atomic E-state index is 12.9. The first-order valence-electron chi connectivity index (χ1n) is 7.53. The van der Waals surface area contributed by atoms with Gasteiger partial charge >= 0.3 is 6.18 Å². The summed E-state index contributed by atoms with van der Waals surface area (Å²) in [5.74, 6) is -2.41. The van der Waals surface area contributed by atoms with Gasteiger partial charge in [-0.25, -0.2) is 0 Å². The first-order chi connectivity index (χ1) is 10.4. The van der Waals surface area contributed by atoms with Gasteiger partial charge < -0.3 is 0 Å². The zero-order chi connectivity index (χ0) is 15.7. The smallest absolute Gasteiger partial charge is 0.299 e. The van der Waals surface area contributed by atoms with E-state index < -0.39 is 17.9 Å². The summed E-state index contributed by atoms with van der Waals surface area (Å²) >= 11 is 0. The van der Waals surface area contributed by atoms with Gasteiger partial charge in [0.1, 0.15) is 11.7 Å². The van der Waals surface area contributed by atoms with Crippen molar-refractivity contribution in [1.29, 1.82) is 0 Å². The fourth-order valence-corrected chi connectivity index (χ4v) is 3.31. The van der Waals surface area contributed by atoms with E-state index in [-0.39, 0.29) is 18.8 Å². The summed E-state index contributed by atoms with van der Waals surface area (Å²) in [5.41, 5.74) is 1.04. The second-order valence-corrected chi connectivity index (χ2v) is 5.98. The predicted molar refractivity (Wildman–Crippen MR) is 79.7 cm³/mol. The van der Waals surface area contributed by atoms with Crippen LogP contribution in [0.25, 0.3) is 10.8 Å². The molecule has 3 rings (SSSR count). The Morgan fingerprint density at radius 2 is 1.64 bits per heavy atom. The second kappa shape index (κ2) is 5.75. The average molecular weight is 306 g/mol. The molecule has 0 aromatic heterocycles. The van der Waals surface area contributed by atoms with E-state index in [1.165, 1.54) is 0 Å². The van der Waals surface area contributed by atoms with Crippen molar-refractivity contribution in [1.82, 2.24) is 0 Å². The van der Waals surface area contributed by atoms with Crippen LogP contribution in [-0.4, -0.2) is 12.0 Å². The van der Waals surface area contributed by atoms with Crippen LogP contribution >= 0.6 is 0 Å². The normalized spacial score (nSPS) is 23.5. The van der Waals surface area contributed by atoms with E-state index >= 15 is 0 Å². The van der Waals surface area contributed by atoms with Crippen LogP contribution in [0.15, 0.2) is 42.5 Å². The van der Waals surface area contributed by atoms with E-state index in [1.807, 2.05) is 42.5 Å². The molecule has 2 atom stereocenters. The number of rotatable bonds is 1. The molecule has 2 aromatic carbocycles. The number of Topliss-reactive ketones (excluding diaryl/α,β-unsaturated/α-hetero) is 1. The summed E-state index contributed by atoms with van der Waals surface area (Å²) in [6.07, 6.45) is -3.57. The molecule has 0 N–H and O–H groups in total. The van der Waals surface area contributed by atoms with Gasteiger partial charge in [0.2, 0.25) is 0 Å². The zero-order valence-corrected chi connectivity index (χ0v) is 12.1. The third-order valence-corrected chi connectivity index (χ3v) is 4.57. The Morgan fingerprint density at radius 1 is 0.909 bits per heavy atom. The molecule has 1 aliphatic rings. The maximum Gasteiger partial charge on any atom is 0.398 e. The lowest BCUT2D eigenvalue weighted by molar-refractivity contribution is -0.182. The molecule has 4 heteroatoms. The molecule has 0 spiro atoms. The Hall–Kier alpha value is -1.84. The van der Waals surface area contributed by atoms with E-state index in [9.17, 15) is 18.0 Å². The summed E-state index contributed by atoms with van der Waals surface area (Å²) in [7, 11) is 0. The van der Waals surface area contributed by atoms with Crippen molar-refractivity contribution in [2.45, 2.75) is 37.8 Å². The highest BCUT2D eigenvalue weighted by Gasteiger charge is 2.45. The first-order valence-corrected chi connectivity index (χ1v) is 7.53. The number of carbonyl (C=O) groups is 1. The molecule has 0 bridgehead atoms. The van der Waals surface area contributed by atoms with Crippen molar-refractivity contribution in [3.05, 3.63) is 48.0 Å².